The molecule has 0 aliphatic rings. The normalized spacial score (nSPS) is 12.4. The first-order valence-electron chi connectivity index (χ1n) is 5.96. The summed E-state index contributed by atoms with van der Waals surface area (Å²) in [6.07, 6.45) is 3.11. The van der Waals surface area contributed by atoms with Crippen molar-refractivity contribution in [1.82, 2.24) is 14.5 Å². The number of imidazole rings is 1. The number of nitrogens with zero attached hydrogens (tertiary/aromatic N) is 3. The fourth-order valence-corrected chi connectivity index (χ4v) is 1.72. The maximum atomic E-state index is 11.6. The fraction of sp³-hybridized carbons (Fsp3) is 0.417. The molecule has 0 saturated heterocycles. The quantitative estimate of drug-likeness (QED) is 0.841. The summed E-state index contributed by atoms with van der Waals surface area (Å²) in [5, 5.41) is 0. The highest BCUT2D eigenvalue weighted by molar-refractivity contribution is 5.92. The lowest BCUT2D eigenvalue weighted by molar-refractivity contribution is 0.0521. The number of nitrogen functional groups attached to an aromatic ring is 1. The maximum Gasteiger partial charge on any atom is 0.360 e. The minimum atomic E-state index is -0.533. The highest BCUT2D eigenvalue weighted by atomic mass is 16.5. The van der Waals surface area contributed by atoms with Crippen LogP contribution in [-0.4, -0.2) is 27.1 Å². The maximum absolute atomic E-state index is 11.6. The second-order valence-electron chi connectivity index (χ2n) is 4.09. The van der Waals surface area contributed by atoms with Gasteiger partial charge in [-0.3, -0.25) is 0 Å². The molecular weight excluding hydrogens is 248 g/mol. The molecule has 0 aliphatic carbocycles. The molecule has 2 aromatic rings. The van der Waals surface area contributed by atoms with Crippen molar-refractivity contribution in [3.8, 4) is 0 Å². The van der Waals surface area contributed by atoms with Gasteiger partial charge in [-0.25, -0.2) is 14.8 Å². The van der Waals surface area contributed by atoms with Crippen molar-refractivity contribution >= 4 is 11.8 Å². The number of aromatic nitrogens is 3. The molecular formula is C12H16N4O3. The van der Waals surface area contributed by atoms with Gasteiger partial charge in [0.1, 0.15) is 17.6 Å². The second kappa shape index (κ2) is 5.13. The average Bonchev–Trinajstić information content (AvgIpc) is 2.95. The molecule has 0 aromatic carbocycles. The van der Waals surface area contributed by atoms with Gasteiger partial charge in [-0.15, -0.1) is 0 Å². The van der Waals surface area contributed by atoms with Crippen LogP contribution >= 0.6 is 0 Å². The number of carbonyl (C=O) groups is 1. The molecule has 0 radical (unpaired) electrons. The van der Waals surface area contributed by atoms with Crippen molar-refractivity contribution in [1.29, 1.82) is 0 Å². The Balaban J connectivity index is 2.29. The van der Waals surface area contributed by atoms with Gasteiger partial charge >= 0.3 is 5.97 Å². The van der Waals surface area contributed by atoms with Crippen molar-refractivity contribution < 1.29 is 13.9 Å². The van der Waals surface area contributed by atoms with E-state index in [-0.39, 0.29) is 24.2 Å². The molecule has 102 valence electrons. The molecule has 7 heteroatoms. The average molecular weight is 264 g/mol. The van der Waals surface area contributed by atoms with E-state index in [0.717, 1.165) is 0 Å². The van der Waals surface area contributed by atoms with Gasteiger partial charge < -0.3 is 19.5 Å². The number of anilines is 1. The monoisotopic (exact) mass is 264 g/mol. The molecule has 2 heterocycles. The van der Waals surface area contributed by atoms with Gasteiger partial charge in [0.05, 0.1) is 19.1 Å². The minimum absolute atomic E-state index is 0.108. The van der Waals surface area contributed by atoms with Crippen LogP contribution in [0.2, 0.25) is 0 Å². The number of esters is 1. The highest BCUT2D eigenvalue weighted by Crippen LogP contribution is 2.23. The number of rotatable bonds is 4. The van der Waals surface area contributed by atoms with E-state index in [9.17, 15) is 4.79 Å². The summed E-state index contributed by atoms with van der Waals surface area (Å²) in [7, 11) is 0. The summed E-state index contributed by atoms with van der Waals surface area (Å²) in [4.78, 5) is 19.7. The predicted molar refractivity (Wildman–Crippen MR) is 67.6 cm³/mol. The lowest BCUT2D eigenvalue weighted by atomic mass is 10.3. The van der Waals surface area contributed by atoms with Crippen LogP contribution in [0.15, 0.2) is 16.9 Å². The van der Waals surface area contributed by atoms with E-state index >= 15 is 0 Å². The number of carbonyl (C=O) groups excluding carboxylic acids is 1. The molecule has 0 aliphatic heterocycles. The molecule has 0 spiro atoms. The van der Waals surface area contributed by atoms with Gasteiger partial charge in [-0.2, -0.15) is 0 Å². The number of aryl methyl sites for hydroxylation is 1. The Hall–Kier alpha value is -2.31. The Morgan fingerprint density at radius 1 is 1.58 bits per heavy atom. The van der Waals surface area contributed by atoms with Crippen molar-refractivity contribution in [3.05, 3.63) is 29.9 Å². The van der Waals surface area contributed by atoms with Crippen molar-refractivity contribution in [2.24, 2.45) is 0 Å². The fourth-order valence-electron chi connectivity index (χ4n) is 1.72. The van der Waals surface area contributed by atoms with Crippen LogP contribution in [0.5, 0.6) is 0 Å². The zero-order valence-electron chi connectivity index (χ0n) is 11.1. The van der Waals surface area contributed by atoms with E-state index in [1.54, 1.807) is 17.7 Å². The van der Waals surface area contributed by atoms with Gasteiger partial charge in [0.15, 0.2) is 5.69 Å². The van der Waals surface area contributed by atoms with Crippen LogP contribution in [-0.2, 0) is 4.74 Å². The molecule has 19 heavy (non-hydrogen) atoms. The molecule has 0 saturated carbocycles. The molecule has 7 nitrogen and oxygen atoms in total. The summed E-state index contributed by atoms with van der Waals surface area (Å²) >= 11 is 0. The van der Waals surface area contributed by atoms with Crippen LogP contribution in [0.3, 0.4) is 0 Å². The molecule has 1 atom stereocenters. The van der Waals surface area contributed by atoms with Gasteiger partial charge in [0.25, 0.3) is 0 Å². The van der Waals surface area contributed by atoms with Gasteiger partial charge in [-0.05, 0) is 20.8 Å². The molecule has 2 rings (SSSR count). The standard InChI is InChI=1S/C12H16N4O3/c1-4-18-12(17)9-10(13)16(6-15-9)8(3)11-14-5-7(2)19-11/h5-6,8H,4,13H2,1-3H3. The number of hydrogen-bond acceptors (Lipinski definition) is 6. The molecule has 0 amide bonds. The molecule has 0 bridgehead atoms. The Morgan fingerprint density at radius 2 is 2.32 bits per heavy atom. The topological polar surface area (TPSA) is 96.2 Å². The zero-order valence-corrected chi connectivity index (χ0v) is 11.1. The van der Waals surface area contributed by atoms with Gasteiger partial charge in [0, 0.05) is 0 Å². The van der Waals surface area contributed by atoms with E-state index in [0.29, 0.717) is 11.7 Å². The summed E-state index contributed by atoms with van der Waals surface area (Å²) in [5.74, 6) is 0.930. The van der Waals surface area contributed by atoms with Crippen LogP contribution in [0, 0.1) is 6.92 Å². The van der Waals surface area contributed by atoms with Crippen molar-refractivity contribution in [2.45, 2.75) is 26.8 Å². The lowest BCUT2D eigenvalue weighted by Crippen LogP contribution is -2.12. The predicted octanol–water partition coefficient (Wildman–Crippen LogP) is 1.55. The van der Waals surface area contributed by atoms with E-state index in [1.807, 2.05) is 13.8 Å². The number of oxazole rings is 1. The summed E-state index contributed by atoms with van der Waals surface area (Å²) in [6, 6.07) is -0.246. The van der Waals surface area contributed by atoms with Gasteiger partial charge in [-0.1, -0.05) is 0 Å². The highest BCUT2D eigenvalue weighted by Gasteiger charge is 2.22. The largest absolute Gasteiger partial charge is 0.461 e. The molecule has 1 unspecified atom stereocenters. The number of hydrogen-bond donors (Lipinski definition) is 1. The van der Waals surface area contributed by atoms with Crippen molar-refractivity contribution in [2.75, 3.05) is 12.3 Å². The second-order valence-corrected chi connectivity index (χ2v) is 4.09. The smallest absolute Gasteiger partial charge is 0.360 e. The van der Waals surface area contributed by atoms with Crippen LogP contribution in [0.1, 0.15) is 42.0 Å². The van der Waals surface area contributed by atoms with E-state index < -0.39 is 5.97 Å². The first-order valence-corrected chi connectivity index (χ1v) is 5.96. The Labute approximate surface area is 110 Å². The first-order chi connectivity index (χ1) is 9.04. The van der Waals surface area contributed by atoms with Crippen LogP contribution in [0.4, 0.5) is 5.82 Å². The Morgan fingerprint density at radius 3 is 2.89 bits per heavy atom. The number of ether oxygens (including phenoxy) is 1. The van der Waals surface area contributed by atoms with E-state index in [4.69, 9.17) is 14.9 Å². The van der Waals surface area contributed by atoms with E-state index in [2.05, 4.69) is 9.97 Å². The van der Waals surface area contributed by atoms with Crippen LogP contribution < -0.4 is 5.73 Å². The molecule has 2 aromatic heterocycles. The third-order valence-electron chi connectivity index (χ3n) is 2.71. The first kappa shape index (κ1) is 13.1. The van der Waals surface area contributed by atoms with E-state index in [1.165, 1.54) is 6.33 Å². The third kappa shape index (κ3) is 2.44. The SMILES string of the molecule is CCOC(=O)c1ncn(C(C)c2ncc(C)o2)c1N. The van der Waals surface area contributed by atoms with Crippen LogP contribution in [0.25, 0.3) is 0 Å². The lowest BCUT2D eigenvalue weighted by Gasteiger charge is -2.11. The van der Waals surface area contributed by atoms with Gasteiger partial charge in [0.2, 0.25) is 5.89 Å². The number of nitrogens with two attached hydrogens (primary N) is 1. The third-order valence-corrected chi connectivity index (χ3v) is 2.71. The summed E-state index contributed by atoms with van der Waals surface area (Å²) in [5.41, 5.74) is 6.02. The minimum Gasteiger partial charge on any atom is -0.461 e. The molecule has 2 N–H and O–H groups in total. The Kier molecular flexibility index (Phi) is 3.55. The zero-order chi connectivity index (χ0) is 14.0. The van der Waals surface area contributed by atoms with Crippen molar-refractivity contribution in [3.63, 3.8) is 0 Å². The summed E-state index contributed by atoms with van der Waals surface area (Å²) < 4.78 is 11.9. The molecule has 0 fully saturated rings. The summed E-state index contributed by atoms with van der Waals surface area (Å²) in [6.45, 7) is 5.67. The Bertz CT molecular complexity index is 588.